The summed E-state index contributed by atoms with van der Waals surface area (Å²) in [4.78, 5) is 17.0. The van der Waals surface area contributed by atoms with Gasteiger partial charge in [-0.15, -0.1) is 0 Å². The summed E-state index contributed by atoms with van der Waals surface area (Å²) in [7, 11) is 1.76. The normalized spacial score (nSPS) is 12.1. The third-order valence-electron chi connectivity index (χ3n) is 2.90. The molecular weight excluding hydrogens is 270 g/mol. The molecule has 3 aromatic heterocycles. The van der Waals surface area contributed by atoms with Crippen LogP contribution in [0.15, 0.2) is 41.5 Å². The number of hydrogen-bond donors (Lipinski definition) is 2. The van der Waals surface area contributed by atoms with E-state index in [1.165, 1.54) is 0 Å². The molecular formula is C13H15N7O. The van der Waals surface area contributed by atoms with Gasteiger partial charge in [0.15, 0.2) is 0 Å². The summed E-state index contributed by atoms with van der Waals surface area (Å²) < 4.78 is 7.08. The molecule has 0 aliphatic rings. The molecule has 0 radical (unpaired) electrons. The van der Waals surface area contributed by atoms with Crippen molar-refractivity contribution in [3.05, 3.63) is 42.9 Å². The van der Waals surface area contributed by atoms with Crippen LogP contribution >= 0.6 is 0 Å². The Hall–Kier alpha value is -2.90. The van der Waals surface area contributed by atoms with Crippen LogP contribution in [0.1, 0.15) is 18.7 Å². The number of hydrogen-bond acceptors (Lipinski definition) is 7. The van der Waals surface area contributed by atoms with E-state index in [2.05, 4.69) is 30.6 Å². The van der Waals surface area contributed by atoms with E-state index >= 15 is 0 Å². The quantitative estimate of drug-likeness (QED) is 0.739. The molecule has 3 aromatic rings. The summed E-state index contributed by atoms with van der Waals surface area (Å²) in [5.41, 5.74) is 0. The molecule has 3 heterocycles. The lowest BCUT2D eigenvalue weighted by Gasteiger charge is -2.13. The highest BCUT2D eigenvalue weighted by Gasteiger charge is 2.12. The Morgan fingerprint density at radius 1 is 1.24 bits per heavy atom. The van der Waals surface area contributed by atoms with Crippen LogP contribution < -0.4 is 10.6 Å². The lowest BCUT2D eigenvalue weighted by atomic mass is 10.2. The number of nitrogens with one attached hydrogen (secondary N) is 2. The van der Waals surface area contributed by atoms with Crippen LogP contribution in [0, 0.1) is 0 Å². The van der Waals surface area contributed by atoms with Crippen LogP contribution in [0.4, 0.5) is 11.9 Å². The first kappa shape index (κ1) is 13.1. The predicted molar refractivity (Wildman–Crippen MR) is 77.2 cm³/mol. The number of furan rings is 1. The number of rotatable bonds is 5. The predicted octanol–water partition coefficient (Wildman–Crippen LogP) is 1.87. The largest absolute Gasteiger partial charge is 0.467 e. The van der Waals surface area contributed by atoms with Crippen molar-refractivity contribution >= 4 is 11.9 Å². The van der Waals surface area contributed by atoms with E-state index in [0.717, 1.165) is 5.76 Å². The van der Waals surface area contributed by atoms with E-state index in [9.17, 15) is 0 Å². The Labute approximate surface area is 121 Å². The summed E-state index contributed by atoms with van der Waals surface area (Å²) in [6.07, 6.45) is 6.71. The van der Waals surface area contributed by atoms with Gasteiger partial charge in [-0.1, -0.05) is 0 Å². The Morgan fingerprint density at radius 3 is 2.76 bits per heavy atom. The summed E-state index contributed by atoms with van der Waals surface area (Å²) in [6, 6.07) is 3.69. The zero-order valence-corrected chi connectivity index (χ0v) is 11.7. The first-order chi connectivity index (χ1) is 10.3. The number of anilines is 2. The van der Waals surface area contributed by atoms with E-state index in [1.54, 1.807) is 36.6 Å². The average molecular weight is 285 g/mol. The molecule has 1 unspecified atom stereocenters. The first-order valence-electron chi connectivity index (χ1n) is 6.48. The minimum atomic E-state index is -0.0530. The number of nitrogens with zero attached hydrogens (tertiary/aromatic N) is 5. The van der Waals surface area contributed by atoms with Crippen molar-refractivity contribution in [2.75, 3.05) is 17.7 Å². The van der Waals surface area contributed by atoms with Gasteiger partial charge in [0.2, 0.25) is 17.8 Å². The molecule has 0 aliphatic heterocycles. The summed E-state index contributed by atoms with van der Waals surface area (Å²) in [5, 5.41) is 6.11. The van der Waals surface area contributed by atoms with Gasteiger partial charge >= 0.3 is 0 Å². The molecule has 8 heteroatoms. The zero-order chi connectivity index (χ0) is 14.7. The lowest BCUT2D eigenvalue weighted by molar-refractivity contribution is 0.489. The van der Waals surface area contributed by atoms with Gasteiger partial charge in [-0.25, -0.2) is 4.98 Å². The molecule has 0 aliphatic carbocycles. The molecule has 1 atom stereocenters. The SMILES string of the molecule is CNc1nc(NC(C)c2ccco2)nc(-n2ccnc2)n1. The van der Waals surface area contributed by atoms with Crippen molar-refractivity contribution in [2.45, 2.75) is 13.0 Å². The molecule has 108 valence electrons. The molecule has 2 N–H and O–H groups in total. The minimum absolute atomic E-state index is 0.0530. The molecule has 0 aromatic carbocycles. The van der Waals surface area contributed by atoms with E-state index < -0.39 is 0 Å². The lowest BCUT2D eigenvalue weighted by Crippen LogP contribution is -2.13. The smallest absolute Gasteiger partial charge is 0.241 e. The second-order valence-electron chi connectivity index (χ2n) is 4.38. The van der Waals surface area contributed by atoms with Crippen LogP contribution in [0.2, 0.25) is 0 Å². The Kier molecular flexibility index (Phi) is 3.50. The highest BCUT2D eigenvalue weighted by Crippen LogP contribution is 2.18. The third-order valence-corrected chi connectivity index (χ3v) is 2.90. The molecule has 3 rings (SSSR count). The Morgan fingerprint density at radius 2 is 2.10 bits per heavy atom. The fourth-order valence-corrected chi connectivity index (χ4v) is 1.84. The standard InChI is InChI=1S/C13H15N7O/c1-9(10-4-3-7-21-10)16-12-17-11(14-2)18-13(19-12)20-6-5-15-8-20/h3-9H,1-2H3,(H2,14,16,17,18,19). The topological polar surface area (TPSA) is 93.7 Å². The van der Waals surface area contributed by atoms with Crippen molar-refractivity contribution in [1.82, 2.24) is 24.5 Å². The molecule has 0 spiro atoms. The Balaban J connectivity index is 1.89. The van der Waals surface area contributed by atoms with Gasteiger partial charge in [-0.2, -0.15) is 15.0 Å². The summed E-state index contributed by atoms with van der Waals surface area (Å²) in [5.74, 6) is 2.23. The van der Waals surface area contributed by atoms with Gasteiger partial charge in [-0.3, -0.25) is 4.57 Å². The summed E-state index contributed by atoms with van der Waals surface area (Å²) >= 11 is 0. The van der Waals surface area contributed by atoms with Crippen LogP contribution in [0.3, 0.4) is 0 Å². The second-order valence-corrected chi connectivity index (χ2v) is 4.38. The highest BCUT2D eigenvalue weighted by atomic mass is 16.3. The van der Waals surface area contributed by atoms with Crippen LogP contribution in [-0.4, -0.2) is 31.6 Å². The fraction of sp³-hybridized carbons (Fsp3) is 0.231. The third kappa shape index (κ3) is 2.83. The molecule has 0 saturated heterocycles. The van der Waals surface area contributed by atoms with Crippen molar-refractivity contribution in [2.24, 2.45) is 0 Å². The molecule has 21 heavy (non-hydrogen) atoms. The van der Waals surface area contributed by atoms with E-state index in [4.69, 9.17) is 4.42 Å². The van der Waals surface area contributed by atoms with Gasteiger partial charge in [0.05, 0.1) is 12.3 Å². The van der Waals surface area contributed by atoms with Gasteiger partial charge in [0, 0.05) is 19.4 Å². The van der Waals surface area contributed by atoms with E-state index in [1.807, 2.05) is 19.1 Å². The molecule has 0 saturated carbocycles. The molecule has 0 amide bonds. The summed E-state index contributed by atoms with van der Waals surface area (Å²) in [6.45, 7) is 1.97. The Bertz CT molecular complexity index is 693. The van der Waals surface area contributed by atoms with Gasteiger partial charge in [0.1, 0.15) is 12.1 Å². The van der Waals surface area contributed by atoms with Crippen LogP contribution in [0.5, 0.6) is 0 Å². The molecule has 8 nitrogen and oxygen atoms in total. The fourth-order valence-electron chi connectivity index (χ4n) is 1.84. The maximum Gasteiger partial charge on any atom is 0.241 e. The monoisotopic (exact) mass is 285 g/mol. The highest BCUT2D eigenvalue weighted by molar-refractivity contribution is 5.38. The van der Waals surface area contributed by atoms with E-state index in [0.29, 0.717) is 17.8 Å². The van der Waals surface area contributed by atoms with Crippen LogP contribution in [0.25, 0.3) is 5.95 Å². The number of imidazole rings is 1. The second kappa shape index (κ2) is 5.61. The number of aromatic nitrogens is 5. The van der Waals surface area contributed by atoms with Crippen molar-refractivity contribution in [3.63, 3.8) is 0 Å². The maximum absolute atomic E-state index is 5.36. The maximum atomic E-state index is 5.36. The van der Waals surface area contributed by atoms with E-state index in [-0.39, 0.29) is 6.04 Å². The van der Waals surface area contributed by atoms with Crippen LogP contribution in [-0.2, 0) is 0 Å². The zero-order valence-electron chi connectivity index (χ0n) is 11.7. The minimum Gasteiger partial charge on any atom is -0.467 e. The average Bonchev–Trinajstić information content (AvgIpc) is 3.19. The molecule has 0 bridgehead atoms. The van der Waals surface area contributed by atoms with Crippen molar-refractivity contribution < 1.29 is 4.42 Å². The van der Waals surface area contributed by atoms with Crippen molar-refractivity contribution in [3.8, 4) is 5.95 Å². The molecule has 0 fully saturated rings. The first-order valence-corrected chi connectivity index (χ1v) is 6.48. The van der Waals surface area contributed by atoms with Gasteiger partial charge in [-0.05, 0) is 19.1 Å². The van der Waals surface area contributed by atoms with Gasteiger partial charge < -0.3 is 15.1 Å². The van der Waals surface area contributed by atoms with Gasteiger partial charge in [0.25, 0.3) is 0 Å². The van der Waals surface area contributed by atoms with Crippen molar-refractivity contribution in [1.29, 1.82) is 0 Å².